The Bertz CT molecular complexity index is 677. The van der Waals surface area contributed by atoms with Crippen LogP contribution < -0.4 is 9.47 Å². The second-order valence-corrected chi connectivity index (χ2v) is 5.05. The quantitative estimate of drug-likeness (QED) is 0.870. The average molecular weight is 300 g/mol. The number of hydrogen-bond donors (Lipinski definition) is 1. The Morgan fingerprint density at radius 1 is 1.09 bits per heavy atom. The molecule has 2 aromatic rings. The number of methoxy groups -OCH3 is 1. The molecule has 116 valence electrons. The number of hydrogen-bond acceptors (Lipinski definition) is 3. The molecular weight excluding hydrogens is 280 g/mol. The summed E-state index contributed by atoms with van der Waals surface area (Å²) in [7, 11) is 1.47. The molecule has 2 aromatic carbocycles. The first-order chi connectivity index (χ1) is 10.6. The molecule has 0 saturated heterocycles. The van der Waals surface area contributed by atoms with Gasteiger partial charge in [0.05, 0.1) is 13.7 Å². The molecule has 0 aliphatic heterocycles. The van der Waals surface area contributed by atoms with Crippen molar-refractivity contribution < 1.29 is 19.4 Å². The molecule has 0 aromatic heterocycles. The van der Waals surface area contributed by atoms with Crippen LogP contribution in [0.3, 0.4) is 0 Å². The standard InChI is InChI=1S/C18H20O4/c1-4-9-22-16-8-6-13(10-12(16)2)14-5-7-15(18(19)20)17(11-14)21-3/h5-8,10-11H,4,9H2,1-3H3,(H,19,20). The molecule has 0 bridgehead atoms. The van der Waals surface area contributed by atoms with E-state index in [2.05, 4.69) is 6.92 Å². The van der Waals surface area contributed by atoms with Gasteiger partial charge in [-0.3, -0.25) is 0 Å². The van der Waals surface area contributed by atoms with Crippen molar-refractivity contribution in [1.82, 2.24) is 0 Å². The van der Waals surface area contributed by atoms with Crippen LogP contribution in [0.15, 0.2) is 36.4 Å². The summed E-state index contributed by atoms with van der Waals surface area (Å²) in [5, 5.41) is 9.12. The van der Waals surface area contributed by atoms with Gasteiger partial charge in [0.2, 0.25) is 0 Å². The average Bonchev–Trinajstić information content (AvgIpc) is 2.52. The molecule has 0 fully saturated rings. The zero-order chi connectivity index (χ0) is 16.1. The van der Waals surface area contributed by atoms with Crippen LogP contribution in [0.5, 0.6) is 11.5 Å². The second-order valence-electron chi connectivity index (χ2n) is 5.05. The molecule has 0 unspecified atom stereocenters. The van der Waals surface area contributed by atoms with E-state index in [0.29, 0.717) is 12.4 Å². The molecule has 0 spiro atoms. The molecule has 0 heterocycles. The second kappa shape index (κ2) is 6.98. The number of carbonyl (C=O) groups is 1. The van der Waals surface area contributed by atoms with E-state index in [1.54, 1.807) is 18.2 Å². The molecule has 0 atom stereocenters. The van der Waals surface area contributed by atoms with E-state index in [0.717, 1.165) is 28.9 Å². The minimum Gasteiger partial charge on any atom is -0.496 e. The molecule has 0 aliphatic rings. The van der Waals surface area contributed by atoms with Crippen LogP contribution in [0.1, 0.15) is 29.3 Å². The number of benzene rings is 2. The summed E-state index contributed by atoms with van der Waals surface area (Å²) in [4.78, 5) is 11.1. The van der Waals surface area contributed by atoms with Gasteiger partial charge >= 0.3 is 5.97 Å². The van der Waals surface area contributed by atoms with Crippen LogP contribution in [0.4, 0.5) is 0 Å². The van der Waals surface area contributed by atoms with Gasteiger partial charge in [0, 0.05) is 0 Å². The van der Waals surface area contributed by atoms with Gasteiger partial charge in [0.15, 0.2) is 0 Å². The fraction of sp³-hybridized carbons (Fsp3) is 0.278. The first-order valence-electron chi connectivity index (χ1n) is 7.22. The summed E-state index contributed by atoms with van der Waals surface area (Å²) in [5.41, 5.74) is 3.11. The molecule has 0 amide bonds. The minimum atomic E-state index is -0.997. The molecule has 0 radical (unpaired) electrons. The van der Waals surface area contributed by atoms with E-state index in [4.69, 9.17) is 14.6 Å². The van der Waals surface area contributed by atoms with Crippen molar-refractivity contribution in [3.63, 3.8) is 0 Å². The Morgan fingerprint density at radius 2 is 1.77 bits per heavy atom. The lowest BCUT2D eigenvalue weighted by atomic mass is 10.0. The Balaban J connectivity index is 2.36. The topological polar surface area (TPSA) is 55.8 Å². The van der Waals surface area contributed by atoms with Crippen molar-refractivity contribution in [2.24, 2.45) is 0 Å². The molecule has 0 saturated carbocycles. The summed E-state index contributed by atoms with van der Waals surface area (Å²) in [6, 6.07) is 11.0. The third-order valence-electron chi connectivity index (χ3n) is 3.40. The van der Waals surface area contributed by atoms with Crippen molar-refractivity contribution in [3.05, 3.63) is 47.5 Å². The third kappa shape index (κ3) is 3.39. The number of aromatic carboxylic acids is 1. The van der Waals surface area contributed by atoms with Gasteiger partial charge in [-0.15, -0.1) is 0 Å². The lowest BCUT2D eigenvalue weighted by Crippen LogP contribution is -2.00. The molecule has 1 N–H and O–H groups in total. The molecule has 2 rings (SSSR count). The fourth-order valence-corrected chi connectivity index (χ4v) is 2.25. The maximum Gasteiger partial charge on any atom is 0.339 e. The number of aryl methyl sites for hydroxylation is 1. The fourth-order valence-electron chi connectivity index (χ4n) is 2.25. The monoisotopic (exact) mass is 300 g/mol. The Labute approximate surface area is 130 Å². The first kappa shape index (κ1) is 15.9. The van der Waals surface area contributed by atoms with Crippen molar-refractivity contribution in [1.29, 1.82) is 0 Å². The zero-order valence-corrected chi connectivity index (χ0v) is 13.1. The van der Waals surface area contributed by atoms with Gasteiger partial charge in [0.1, 0.15) is 17.1 Å². The predicted octanol–water partition coefficient (Wildman–Crippen LogP) is 4.16. The third-order valence-corrected chi connectivity index (χ3v) is 3.40. The molecule has 4 heteroatoms. The summed E-state index contributed by atoms with van der Waals surface area (Å²) in [6.07, 6.45) is 0.967. The summed E-state index contributed by atoms with van der Waals surface area (Å²) in [5.74, 6) is 0.233. The maximum atomic E-state index is 11.1. The molecule has 0 aliphatic carbocycles. The maximum absolute atomic E-state index is 11.1. The van der Waals surface area contributed by atoms with Gasteiger partial charge in [-0.25, -0.2) is 4.79 Å². The van der Waals surface area contributed by atoms with E-state index in [1.807, 2.05) is 25.1 Å². The summed E-state index contributed by atoms with van der Waals surface area (Å²) in [6.45, 7) is 4.76. The highest BCUT2D eigenvalue weighted by Crippen LogP contribution is 2.30. The number of rotatable bonds is 6. The van der Waals surface area contributed by atoms with Crippen LogP contribution in [0.25, 0.3) is 11.1 Å². The van der Waals surface area contributed by atoms with Crippen molar-refractivity contribution in [3.8, 4) is 22.6 Å². The molecule has 4 nitrogen and oxygen atoms in total. The Morgan fingerprint density at radius 3 is 2.36 bits per heavy atom. The van der Waals surface area contributed by atoms with Gasteiger partial charge < -0.3 is 14.6 Å². The molecule has 22 heavy (non-hydrogen) atoms. The number of carboxylic acids is 1. The van der Waals surface area contributed by atoms with Crippen LogP contribution in [-0.2, 0) is 0 Å². The van der Waals surface area contributed by atoms with Crippen LogP contribution >= 0.6 is 0 Å². The van der Waals surface area contributed by atoms with E-state index in [9.17, 15) is 4.79 Å². The number of ether oxygens (including phenoxy) is 2. The highest BCUT2D eigenvalue weighted by molar-refractivity contribution is 5.92. The van der Waals surface area contributed by atoms with E-state index < -0.39 is 5.97 Å². The first-order valence-corrected chi connectivity index (χ1v) is 7.22. The van der Waals surface area contributed by atoms with Crippen molar-refractivity contribution >= 4 is 5.97 Å². The highest BCUT2D eigenvalue weighted by Gasteiger charge is 2.12. The predicted molar refractivity (Wildman–Crippen MR) is 85.9 cm³/mol. The summed E-state index contributed by atoms with van der Waals surface area (Å²) < 4.78 is 10.8. The normalized spacial score (nSPS) is 10.3. The summed E-state index contributed by atoms with van der Waals surface area (Å²) >= 11 is 0. The van der Waals surface area contributed by atoms with Crippen molar-refractivity contribution in [2.75, 3.05) is 13.7 Å². The van der Waals surface area contributed by atoms with Crippen molar-refractivity contribution in [2.45, 2.75) is 20.3 Å². The van der Waals surface area contributed by atoms with E-state index in [-0.39, 0.29) is 5.56 Å². The zero-order valence-electron chi connectivity index (χ0n) is 13.1. The molecular formula is C18H20O4. The van der Waals surface area contributed by atoms with Gasteiger partial charge in [-0.1, -0.05) is 19.1 Å². The highest BCUT2D eigenvalue weighted by atomic mass is 16.5. The van der Waals surface area contributed by atoms with Gasteiger partial charge in [-0.2, -0.15) is 0 Å². The van der Waals surface area contributed by atoms with Crippen LogP contribution in [0.2, 0.25) is 0 Å². The van der Waals surface area contributed by atoms with E-state index in [1.165, 1.54) is 7.11 Å². The lowest BCUT2D eigenvalue weighted by Gasteiger charge is -2.11. The Hall–Kier alpha value is -2.49. The smallest absolute Gasteiger partial charge is 0.339 e. The van der Waals surface area contributed by atoms with Gasteiger partial charge in [0.25, 0.3) is 0 Å². The SMILES string of the molecule is CCCOc1ccc(-c2ccc(C(=O)O)c(OC)c2)cc1C. The van der Waals surface area contributed by atoms with Gasteiger partial charge in [-0.05, 0) is 54.3 Å². The largest absolute Gasteiger partial charge is 0.496 e. The van der Waals surface area contributed by atoms with Crippen LogP contribution in [0, 0.1) is 6.92 Å². The number of carboxylic acid groups (broad SMARTS) is 1. The van der Waals surface area contributed by atoms with E-state index >= 15 is 0 Å². The van der Waals surface area contributed by atoms with Crippen LogP contribution in [-0.4, -0.2) is 24.8 Å². The lowest BCUT2D eigenvalue weighted by molar-refractivity contribution is 0.0693. The minimum absolute atomic E-state index is 0.158. The Kier molecular flexibility index (Phi) is 5.04.